The zero-order chi connectivity index (χ0) is 20.9. The second kappa shape index (κ2) is 9.56. The summed E-state index contributed by atoms with van der Waals surface area (Å²) in [5.41, 5.74) is 2.07. The highest BCUT2D eigenvalue weighted by molar-refractivity contribution is 7.89. The maximum atomic E-state index is 14.5. The second-order valence-electron chi connectivity index (χ2n) is 6.97. The van der Waals surface area contributed by atoms with Crippen LogP contribution in [0.1, 0.15) is 24.0 Å². The fourth-order valence-electron chi connectivity index (χ4n) is 3.45. The largest absolute Gasteiger partial charge is 0.492 e. The van der Waals surface area contributed by atoms with Gasteiger partial charge in [-0.05, 0) is 32.0 Å². The van der Waals surface area contributed by atoms with Crippen molar-refractivity contribution >= 4 is 10.0 Å². The zero-order valence-corrected chi connectivity index (χ0v) is 17.5. The molecule has 0 aromatic heterocycles. The summed E-state index contributed by atoms with van der Waals surface area (Å²) >= 11 is 0. The molecule has 0 bridgehead atoms. The summed E-state index contributed by atoms with van der Waals surface area (Å²) in [6.45, 7) is 2.13. The number of sulfonamides is 1. The van der Waals surface area contributed by atoms with Crippen molar-refractivity contribution in [2.24, 2.45) is 0 Å². The van der Waals surface area contributed by atoms with E-state index >= 15 is 0 Å². The van der Waals surface area contributed by atoms with Crippen molar-refractivity contribution in [3.05, 3.63) is 59.4 Å². The molecule has 0 radical (unpaired) electrons. The number of ether oxygens (including phenoxy) is 2. The molecule has 2 aromatic rings. The minimum atomic E-state index is -3.30. The van der Waals surface area contributed by atoms with Gasteiger partial charge in [0.05, 0.1) is 5.75 Å². The lowest BCUT2D eigenvalue weighted by molar-refractivity contribution is 0.215. The number of likely N-dealkylation sites (N-methyl/N-ethyl adjacent to an activating group) is 1. The highest BCUT2D eigenvalue weighted by Crippen LogP contribution is 2.39. The van der Waals surface area contributed by atoms with E-state index in [1.54, 1.807) is 13.0 Å². The van der Waals surface area contributed by atoms with Crippen molar-refractivity contribution in [1.82, 2.24) is 10.0 Å². The van der Waals surface area contributed by atoms with Gasteiger partial charge in [0.15, 0.2) is 11.6 Å². The van der Waals surface area contributed by atoms with Crippen LogP contribution in [-0.2, 0) is 16.4 Å². The van der Waals surface area contributed by atoms with E-state index in [9.17, 15) is 12.8 Å². The molecular weight excluding hydrogens is 395 g/mol. The van der Waals surface area contributed by atoms with Gasteiger partial charge in [0.25, 0.3) is 0 Å². The first-order valence-corrected chi connectivity index (χ1v) is 11.4. The molecule has 1 aliphatic rings. The number of nitrogens with one attached hydrogen (secondary N) is 2. The molecule has 2 aromatic carbocycles. The van der Waals surface area contributed by atoms with Crippen LogP contribution in [0.15, 0.2) is 42.5 Å². The van der Waals surface area contributed by atoms with Crippen molar-refractivity contribution in [2.45, 2.75) is 25.3 Å². The summed E-state index contributed by atoms with van der Waals surface area (Å²) in [5, 5.41) is 3.29. The van der Waals surface area contributed by atoms with Crippen molar-refractivity contribution < 1.29 is 22.3 Å². The first-order valence-electron chi connectivity index (χ1n) is 9.71. The molecular formula is C21H27FN2O4S. The molecule has 0 fully saturated rings. The normalized spacial score (nSPS) is 18.7. The Morgan fingerprint density at radius 3 is 2.69 bits per heavy atom. The van der Waals surface area contributed by atoms with Crippen LogP contribution < -0.4 is 19.5 Å². The van der Waals surface area contributed by atoms with Gasteiger partial charge in [-0.15, -0.1) is 0 Å². The maximum Gasteiger partial charge on any atom is 0.211 e. The third-order valence-corrected chi connectivity index (χ3v) is 6.50. The van der Waals surface area contributed by atoms with Gasteiger partial charge in [-0.25, -0.2) is 17.5 Å². The number of benzene rings is 2. The third kappa shape index (κ3) is 5.46. The molecule has 0 spiro atoms. The fourth-order valence-corrected chi connectivity index (χ4v) is 4.05. The van der Waals surface area contributed by atoms with E-state index in [1.165, 1.54) is 11.6 Å². The molecule has 0 unspecified atom stereocenters. The smallest absolute Gasteiger partial charge is 0.211 e. The zero-order valence-electron chi connectivity index (χ0n) is 16.7. The van der Waals surface area contributed by atoms with Crippen molar-refractivity contribution in [2.75, 3.05) is 32.6 Å². The predicted molar refractivity (Wildman–Crippen MR) is 111 cm³/mol. The average Bonchev–Trinajstić information content (AvgIpc) is 2.72. The Bertz CT molecular complexity index is 922. The molecule has 0 saturated carbocycles. The lowest BCUT2D eigenvalue weighted by Gasteiger charge is -2.34. The quantitative estimate of drug-likeness (QED) is 0.607. The van der Waals surface area contributed by atoms with Gasteiger partial charge in [0, 0.05) is 30.1 Å². The van der Waals surface area contributed by atoms with Crippen LogP contribution in [0.4, 0.5) is 4.39 Å². The Morgan fingerprint density at radius 2 is 2.00 bits per heavy atom. The van der Waals surface area contributed by atoms with Crippen LogP contribution in [-0.4, -0.2) is 47.0 Å². The number of hydrogen-bond acceptors (Lipinski definition) is 5. The Balaban J connectivity index is 1.79. The van der Waals surface area contributed by atoms with Crippen LogP contribution in [0.2, 0.25) is 0 Å². The molecule has 2 N–H and O–H groups in total. The van der Waals surface area contributed by atoms with E-state index in [4.69, 9.17) is 9.47 Å². The average molecular weight is 423 g/mol. The summed E-state index contributed by atoms with van der Waals surface area (Å²) in [6.07, 6.45) is 0.782. The molecule has 3 rings (SSSR count). The topological polar surface area (TPSA) is 76.7 Å². The van der Waals surface area contributed by atoms with Crippen LogP contribution >= 0.6 is 0 Å². The van der Waals surface area contributed by atoms with E-state index < -0.39 is 15.8 Å². The lowest BCUT2D eigenvalue weighted by atomic mass is 9.84. The van der Waals surface area contributed by atoms with Gasteiger partial charge in [0.1, 0.15) is 19.0 Å². The van der Waals surface area contributed by atoms with E-state index in [2.05, 4.69) is 22.2 Å². The summed E-state index contributed by atoms with van der Waals surface area (Å²) in [4.78, 5) is 0. The third-order valence-electron chi connectivity index (χ3n) is 5.10. The molecule has 1 heterocycles. The first kappa shape index (κ1) is 21.5. The van der Waals surface area contributed by atoms with E-state index in [0.717, 1.165) is 12.0 Å². The SMILES string of the molecule is CCS(=O)(=O)NCCOc1cc2c(cc1F)OC[C@H](NC)[C@H]2Cc1ccccc1. The van der Waals surface area contributed by atoms with Crippen LogP contribution in [0.5, 0.6) is 11.5 Å². The standard InChI is InChI=1S/C21H27FN2O4S/c1-3-29(25,26)24-9-10-27-21-12-17-16(11-15-7-5-4-6-8-15)19(23-2)14-28-20(17)13-18(21)22/h4-8,12-13,16,19,23-24H,3,9-11,14H2,1-2H3/t16-,19-/m0/s1. The summed E-state index contributed by atoms with van der Waals surface area (Å²) in [6, 6.07) is 13.2. The van der Waals surface area contributed by atoms with Crippen molar-refractivity contribution in [1.29, 1.82) is 0 Å². The summed E-state index contributed by atoms with van der Waals surface area (Å²) in [5.74, 6) is 0.174. The van der Waals surface area contributed by atoms with Gasteiger partial charge >= 0.3 is 0 Å². The Morgan fingerprint density at radius 1 is 1.24 bits per heavy atom. The van der Waals surface area contributed by atoms with Crippen molar-refractivity contribution in [3.8, 4) is 11.5 Å². The number of halogens is 1. The predicted octanol–water partition coefficient (Wildman–Crippen LogP) is 2.45. The molecule has 0 amide bonds. The monoisotopic (exact) mass is 422 g/mol. The highest BCUT2D eigenvalue weighted by atomic mass is 32.2. The van der Waals surface area contributed by atoms with Gasteiger partial charge in [0.2, 0.25) is 10.0 Å². The van der Waals surface area contributed by atoms with Gasteiger partial charge in [-0.3, -0.25) is 0 Å². The Labute approximate surface area is 171 Å². The molecule has 6 nitrogen and oxygen atoms in total. The maximum absolute atomic E-state index is 14.5. The lowest BCUT2D eigenvalue weighted by Crippen LogP contribution is -2.41. The fraction of sp³-hybridized carbons (Fsp3) is 0.429. The van der Waals surface area contributed by atoms with Crippen LogP contribution in [0, 0.1) is 5.82 Å². The minimum Gasteiger partial charge on any atom is -0.492 e. The Hall–Kier alpha value is -2.16. The number of hydrogen-bond donors (Lipinski definition) is 2. The first-order chi connectivity index (χ1) is 13.9. The summed E-state index contributed by atoms with van der Waals surface area (Å²) in [7, 11) is -1.42. The van der Waals surface area contributed by atoms with E-state index in [0.29, 0.717) is 12.4 Å². The molecule has 1 aliphatic heterocycles. The molecule has 8 heteroatoms. The van der Waals surface area contributed by atoms with Crippen LogP contribution in [0.3, 0.4) is 0 Å². The highest BCUT2D eigenvalue weighted by Gasteiger charge is 2.31. The number of rotatable bonds is 9. The number of fused-ring (bicyclic) bond motifs is 1. The van der Waals surface area contributed by atoms with E-state index in [-0.39, 0.29) is 36.6 Å². The molecule has 158 valence electrons. The molecule has 0 saturated heterocycles. The van der Waals surface area contributed by atoms with Gasteiger partial charge in [-0.1, -0.05) is 30.3 Å². The molecule has 29 heavy (non-hydrogen) atoms. The van der Waals surface area contributed by atoms with Gasteiger partial charge < -0.3 is 14.8 Å². The van der Waals surface area contributed by atoms with Crippen molar-refractivity contribution in [3.63, 3.8) is 0 Å². The van der Waals surface area contributed by atoms with Crippen LogP contribution in [0.25, 0.3) is 0 Å². The molecule has 0 aliphatic carbocycles. The molecule has 2 atom stereocenters. The van der Waals surface area contributed by atoms with E-state index in [1.807, 2.05) is 25.2 Å². The second-order valence-corrected chi connectivity index (χ2v) is 9.06. The minimum absolute atomic E-state index is 0.00980. The van der Waals surface area contributed by atoms with Gasteiger partial charge in [-0.2, -0.15) is 0 Å². The summed E-state index contributed by atoms with van der Waals surface area (Å²) < 4.78 is 51.2. The Kier molecular flexibility index (Phi) is 7.10.